The minimum Gasteiger partial charge on any atom is -0.383 e. The lowest BCUT2D eigenvalue weighted by Crippen LogP contribution is -1.95. The van der Waals surface area contributed by atoms with Crippen LogP contribution in [-0.2, 0) is 6.42 Å². The maximum absolute atomic E-state index is 6.08. The summed E-state index contributed by atoms with van der Waals surface area (Å²) in [6, 6.07) is 18.6. The van der Waals surface area contributed by atoms with Crippen LogP contribution in [0.25, 0.3) is 22.0 Å². The van der Waals surface area contributed by atoms with Gasteiger partial charge in [-0.05, 0) is 35.7 Å². The van der Waals surface area contributed by atoms with Gasteiger partial charge in [0, 0.05) is 10.9 Å². The van der Waals surface area contributed by atoms with Crippen molar-refractivity contribution in [2.24, 2.45) is 0 Å². The zero-order valence-corrected chi connectivity index (χ0v) is 12.2. The van der Waals surface area contributed by atoms with E-state index in [1.165, 1.54) is 5.56 Å². The van der Waals surface area contributed by atoms with Gasteiger partial charge in [-0.3, -0.25) is 0 Å². The maximum atomic E-state index is 6.08. The molecule has 0 bridgehead atoms. The molecule has 0 aliphatic carbocycles. The molecule has 2 nitrogen and oxygen atoms in total. The van der Waals surface area contributed by atoms with E-state index in [0.29, 0.717) is 5.82 Å². The molecule has 2 N–H and O–H groups in total. The number of benzene rings is 2. The lowest BCUT2D eigenvalue weighted by molar-refractivity contribution is 1.14. The van der Waals surface area contributed by atoms with E-state index in [1.807, 2.05) is 24.3 Å². The highest BCUT2D eigenvalue weighted by atomic mass is 35.5. The SMILES string of the molecule is CCc1ccc2nc(N)c(-c3ccccc3)cc2c1.Cl. The summed E-state index contributed by atoms with van der Waals surface area (Å²) >= 11 is 0. The number of anilines is 1. The Bertz CT molecular complexity index is 724. The molecule has 0 aliphatic rings. The fraction of sp³-hybridized carbons (Fsp3) is 0.118. The van der Waals surface area contributed by atoms with E-state index in [2.05, 4.69) is 42.2 Å². The minimum absolute atomic E-state index is 0. The molecule has 3 rings (SSSR count). The van der Waals surface area contributed by atoms with Crippen LogP contribution < -0.4 is 5.73 Å². The molecule has 3 aromatic rings. The molecule has 2 aromatic carbocycles. The van der Waals surface area contributed by atoms with Gasteiger partial charge in [0.1, 0.15) is 5.82 Å². The van der Waals surface area contributed by atoms with Gasteiger partial charge in [0.05, 0.1) is 5.52 Å². The molecule has 0 spiro atoms. The first-order chi connectivity index (χ1) is 9.28. The van der Waals surface area contributed by atoms with E-state index in [-0.39, 0.29) is 12.4 Å². The molecule has 1 aromatic heterocycles. The first kappa shape index (κ1) is 14.4. The molecule has 0 radical (unpaired) electrons. The molecule has 3 heteroatoms. The summed E-state index contributed by atoms with van der Waals surface area (Å²) in [5.74, 6) is 0.586. The molecule has 0 atom stereocenters. The lowest BCUT2D eigenvalue weighted by Gasteiger charge is -2.08. The fourth-order valence-corrected chi connectivity index (χ4v) is 2.31. The Morgan fingerprint density at radius 2 is 1.75 bits per heavy atom. The Kier molecular flexibility index (Phi) is 4.26. The summed E-state index contributed by atoms with van der Waals surface area (Å²) < 4.78 is 0. The van der Waals surface area contributed by atoms with Crippen LogP contribution in [0.3, 0.4) is 0 Å². The quantitative estimate of drug-likeness (QED) is 0.754. The van der Waals surface area contributed by atoms with Crippen LogP contribution in [0.15, 0.2) is 54.6 Å². The van der Waals surface area contributed by atoms with Gasteiger partial charge >= 0.3 is 0 Å². The van der Waals surface area contributed by atoms with Crippen molar-refractivity contribution in [3.05, 3.63) is 60.2 Å². The standard InChI is InChI=1S/C17H16N2.ClH/c1-2-12-8-9-16-14(10-12)11-15(17(18)19-16)13-6-4-3-5-7-13;/h3-11H,2H2,1H3,(H2,18,19);1H. The first-order valence-corrected chi connectivity index (χ1v) is 6.52. The van der Waals surface area contributed by atoms with Crippen molar-refractivity contribution < 1.29 is 0 Å². The van der Waals surface area contributed by atoms with Gasteiger partial charge in [-0.15, -0.1) is 12.4 Å². The molecule has 0 unspecified atom stereocenters. The second kappa shape index (κ2) is 5.93. The molecular weight excluding hydrogens is 268 g/mol. The van der Waals surface area contributed by atoms with Crippen molar-refractivity contribution >= 4 is 29.1 Å². The van der Waals surface area contributed by atoms with Crippen LogP contribution in [0.4, 0.5) is 5.82 Å². The largest absolute Gasteiger partial charge is 0.383 e. The molecule has 102 valence electrons. The molecule has 0 amide bonds. The van der Waals surface area contributed by atoms with E-state index in [1.54, 1.807) is 0 Å². The first-order valence-electron chi connectivity index (χ1n) is 6.52. The summed E-state index contributed by atoms with van der Waals surface area (Å²) in [6.07, 6.45) is 1.03. The van der Waals surface area contributed by atoms with Gasteiger partial charge < -0.3 is 5.73 Å². The zero-order valence-electron chi connectivity index (χ0n) is 11.3. The molecule has 0 aliphatic heterocycles. The second-order valence-electron chi connectivity index (χ2n) is 4.67. The average Bonchev–Trinajstić information content (AvgIpc) is 2.47. The molecular formula is C17H17ClN2. The Labute approximate surface area is 125 Å². The van der Waals surface area contributed by atoms with Crippen LogP contribution in [0.2, 0.25) is 0 Å². The van der Waals surface area contributed by atoms with E-state index >= 15 is 0 Å². The number of nitrogen functional groups attached to an aromatic ring is 1. The Morgan fingerprint density at radius 1 is 1.00 bits per heavy atom. The molecule has 0 saturated heterocycles. The van der Waals surface area contributed by atoms with Crippen molar-refractivity contribution in [1.82, 2.24) is 4.98 Å². The summed E-state index contributed by atoms with van der Waals surface area (Å²) in [6.45, 7) is 2.16. The van der Waals surface area contributed by atoms with Gasteiger partial charge in [-0.1, -0.05) is 43.3 Å². The van der Waals surface area contributed by atoms with Crippen LogP contribution >= 0.6 is 12.4 Å². The Hall–Kier alpha value is -2.06. The van der Waals surface area contributed by atoms with Gasteiger partial charge in [0.25, 0.3) is 0 Å². The predicted molar refractivity (Wildman–Crippen MR) is 88.2 cm³/mol. The number of pyridine rings is 1. The predicted octanol–water partition coefficient (Wildman–Crippen LogP) is 4.47. The van der Waals surface area contributed by atoms with Crippen molar-refractivity contribution in [2.75, 3.05) is 5.73 Å². The number of nitrogens with zero attached hydrogens (tertiary/aromatic N) is 1. The van der Waals surface area contributed by atoms with E-state index in [4.69, 9.17) is 5.73 Å². The Balaban J connectivity index is 0.00000147. The number of rotatable bonds is 2. The summed E-state index contributed by atoms with van der Waals surface area (Å²) in [4.78, 5) is 4.51. The summed E-state index contributed by atoms with van der Waals surface area (Å²) in [7, 11) is 0. The van der Waals surface area contributed by atoms with Crippen molar-refractivity contribution in [2.45, 2.75) is 13.3 Å². The van der Waals surface area contributed by atoms with E-state index in [0.717, 1.165) is 28.5 Å². The number of nitrogens with two attached hydrogens (primary N) is 1. The molecule has 1 heterocycles. The normalized spacial score (nSPS) is 10.2. The third-order valence-electron chi connectivity index (χ3n) is 3.40. The fourth-order valence-electron chi connectivity index (χ4n) is 2.31. The van der Waals surface area contributed by atoms with Crippen LogP contribution in [0, 0.1) is 0 Å². The Morgan fingerprint density at radius 3 is 2.45 bits per heavy atom. The number of aryl methyl sites for hydroxylation is 1. The highest BCUT2D eigenvalue weighted by Gasteiger charge is 2.06. The number of hydrogen-bond acceptors (Lipinski definition) is 2. The monoisotopic (exact) mass is 284 g/mol. The van der Waals surface area contributed by atoms with Gasteiger partial charge in [0.15, 0.2) is 0 Å². The number of halogens is 1. The highest BCUT2D eigenvalue weighted by molar-refractivity contribution is 5.89. The highest BCUT2D eigenvalue weighted by Crippen LogP contribution is 2.28. The van der Waals surface area contributed by atoms with E-state index < -0.39 is 0 Å². The topological polar surface area (TPSA) is 38.9 Å². The van der Waals surface area contributed by atoms with Crippen molar-refractivity contribution in [1.29, 1.82) is 0 Å². The second-order valence-corrected chi connectivity index (χ2v) is 4.67. The molecule has 0 saturated carbocycles. The van der Waals surface area contributed by atoms with Crippen molar-refractivity contribution in [3.63, 3.8) is 0 Å². The third kappa shape index (κ3) is 2.61. The number of aromatic nitrogens is 1. The lowest BCUT2D eigenvalue weighted by atomic mass is 10.0. The van der Waals surface area contributed by atoms with E-state index in [9.17, 15) is 0 Å². The smallest absolute Gasteiger partial charge is 0.131 e. The molecule has 0 fully saturated rings. The number of hydrogen-bond donors (Lipinski definition) is 1. The zero-order chi connectivity index (χ0) is 13.2. The number of fused-ring (bicyclic) bond motifs is 1. The van der Waals surface area contributed by atoms with Gasteiger partial charge in [0.2, 0.25) is 0 Å². The van der Waals surface area contributed by atoms with Gasteiger partial charge in [-0.2, -0.15) is 0 Å². The summed E-state index contributed by atoms with van der Waals surface area (Å²) in [5, 5.41) is 1.15. The van der Waals surface area contributed by atoms with Gasteiger partial charge in [-0.25, -0.2) is 4.98 Å². The molecule has 20 heavy (non-hydrogen) atoms. The average molecular weight is 285 g/mol. The van der Waals surface area contributed by atoms with Crippen LogP contribution in [0.1, 0.15) is 12.5 Å². The summed E-state index contributed by atoms with van der Waals surface area (Å²) in [5.41, 5.74) is 10.5. The maximum Gasteiger partial charge on any atom is 0.131 e. The van der Waals surface area contributed by atoms with Crippen molar-refractivity contribution in [3.8, 4) is 11.1 Å². The third-order valence-corrected chi connectivity index (χ3v) is 3.40. The van der Waals surface area contributed by atoms with Crippen LogP contribution in [-0.4, -0.2) is 4.98 Å². The minimum atomic E-state index is 0. The van der Waals surface area contributed by atoms with Crippen LogP contribution in [0.5, 0.6) is 0 Å².